The minimum absolute atomic E-state index is 0.0771. The molecule has 0 aliphatic carbocycles. The number of halogens is 1. The molecule has 0 spiro atoms. The van der Waals surface area contributed by atoms with Crippen molar-refractivity contribution in [3.05, 3.63) is 37.8 Å². The highest BCUT2D eigenvalue weighted by atomic mass is 79.9. The monoisotopic (exact) mass is 462 g/mol. The first-order valence-electron chi connectivity index (χ1n) is 7.95. The van der Waals surface area contributed by atoms with E-state index in [9.17, 15) is 13.2 Å². The van der Waals surface area contributed by atoms with E-state index in [1.165, 1.54) is 15.6 Å². The van der Waals surface area contributed by atoms with Crippen LogP contribution in [-0.4, -0.2) is 31.7 Å². The summed E-state index contributed by atoms with van der Waals surface area (Å²) in [6.07, 6.45) is 1.42. The van der Waals surface area contributed by atoms with Gasteiger partial charge in [0.05, 0.1) is 16.2 Å². The second kappa shape index (κ2) is 7.87. The second-order valence-corrected chi connectivity index (χ2v) is 12.0. The van der Waals surface area contributed by atoms with E-state index in [-0.39, 0.29) is 18.4 Å². The van der Waals surface area contributed by atoms with E-state index in [2.05, 4.69) is 21.2 Å². The molecule has 9 heteroatoms. The van der Waals surface area contributed by atoms with Gasteiger partial charge in [0.1, 0.15) is 4.21 Å². The molecular formula is C16H19BrN2O3S3. The lowest BCUT2D eigenvalue weighted by atomic mass is 9.99. The Balaban J connectivity index is 1.63. The van der Waals surface area contributed by atoms with Crippen molar-refractivity contribution in [3.63, 3.8) is 0 Å². The van der Waals surface area contributed by atoms with Crippen molar-refractivity contribution in [2.75, 3.05) is 13.1 Å². The molecule has 1 fully saturated rings. The average molecular weight is 463 g/mol. The van der Waals surface area contributed by atoms with Crippen LogP contribution in [0.4, 0.5) is 0 Å². The van der Waals surface area contributed by atoms with Crippen molar-refractivity contribution in [2.24, 2.45) is 5.92 Å². The highest BCUT2D eigenvalue weighted by molar-refractivity contribution is 9.11. The molecule has 1 saturated heterocycles. The Bertz CT molecular complexity index is 860. The molecule has 0 aromatic carbocycles. The highest BCUT2D eigenvalue weighted by Gasteiger charge is 2.33. The van der Waals surface area contributed by atoms with Gasteiger partial charge in [0.15, 0.2) is 0 Å². The van der Waals surface area contributed by atoms with E-state index < -0.39 is 10.0 Å². The molecule has 3 rings (SSSR count). The average Bonchev–Trinajstić information content (AvgIpc) is 3.21. The number of carbonyl (C=O) groups is 1. The van der Waals surface area contributed by atoms with Crippen molar-refractivity contribution in [1.29, 1.82) is 0 Å². The SMILES string of the molecule is Cc1ccc(S(=O)(=O)N2CCCC(C(=O)NCc3ccc(Br)s3)C2)s1. The van der Waals surface area contributed by atoms with Crippen LogP contribution in [0.15, 0.2) is 32.3 Å². The second-order valence-electron chi connectivity index (χ2n) is 5.99. The van der Waals surface area contributed by atoms with Crippen LogP contribution < -0.4 is 5.32 Å². The maximum Gasteiger partial charge on any atom is 0.252 e. The van der Waals surface area contributed by atoms with Crippen LogP contribution in [0.2, 0.25) is 0 Å². The van der Waals surface area contributed by atoms with E-state index in [4.69, 9.17) is 0 Å². The van der Waals surface area contributed by atoms with Gasteiger partial charge in [-0.25, -0.2) is 8.42 Å². The maximum atomic E-state index is 12.8. The Morgan fingerprint density at radius 2 is 2.12 bits per heavy atom. The lowest BCUT2D eigenvalue weighted by molar-refractivity contribution is -0.126. The maximum absolute atomic E-state index is 12.8. The third-order valence-corrected chi connectivity index (χ3v) is 9.09. The lowest BCUT2D eigenvalue weighted by Crippen LogP contribution is -2.45. The zero-order valence-electron chi connectivity index (χ0n) is 13.7. The third kappa shape index (κ3) is 4.51. The smallest absolute Gasteiger partial charge is 0.252 e. The van der Waals surface area contributed by atoms with Gasteiger partial charge in [-0.3, -0.25) is 4.79 Å². The first kappa shape index (κ1) is 19.0. The van der Waals surface area contributed by atoms with Gasteiger partial charge in [0.2, 0.25) is 5.91 Å². The van der Waals surface area contributed by atoms with E-state index in [1.54, 1.807) is 17.4 Å². The van der Waals surface area contributed by atoms with Crippen LogP contribution >= 0.6 is 38.6 Å². The summed E-state index contributed by atoms with van der Waals surface area (Å²) in [5, 5.41) is 2.93. The number of nitrogens with one attached hydrogen (secondary N) is 1. The molecule has 1 amide bonds. The van der Waals surface area contributed by atoms with Crippen LogP contribution in [0, 0.1) is 12.8 Å². The number of piperidine rings is 1. The number of aryl methyl sites for hydroxylation is 1. The summed E-state index contributed by atoms with van der Waals surface area (Å²) < 4.78 is 28.3. The molecule has 5 nitrogen and oxygen atoms in total. The fourth-order valence-corrected chi connectivity index (χ4v) is 7.20. The summed E-state index contributed by atoms with van der Waals surface area (Å²) in [5.41, 5.74) is 0. The van der Waals surface area contributed by atoms with Gasteiger partial charge < -0.3 is 5.32 Å². The number of nitrogens with zero attached hydrogens (tertiary/aromatic N) is 1. The molecule has 1 atom stereocenters. The molecular weight excluding hydrogens is 444 g/mol. The molecule has 2 aromatic rings. The van der Waals surface area contributed by atoms with Gasteiger partial charge >= 0.3 is 0 Å². The van der Waals surface area contributed by atoms with Crippen molar-refractivity contribution < 1.29 is 13.2 Å². The van der Waals surface area contributed by atoms with E-state index >= 15 is 0 Å². The lowest BCUT2D eigenvalue weighted by Gasteiger charge is -2.30. The molecule has 25 heavy (non-hydrogen) atoms. The number of hydrogen-bond acceptors (Lipinski definition) is 5. The normalized spacial score (nSPS) is 19.0. The first-order valence-corrected chi connectivity index (χ1v) is 11.8. The van der Waals surface area contributed by atoms with Crippen molar-refractivity contribution in [2.45, 2.75) is 30.5 Å². The van der Waals surface area contributed by atoms with Gasteiger partial charge in [0.25, 0.3) is 10.0 Å². The molecule has 1 aliphatic rings. The zero-order valence-corrected chi connectivity index (χ0v) is 17.7. The van der Waals surface area contributed by atoms with Gasteiger partial charge in [0, 0.05) is 22.8 Å². The molecule has 0 saturated carbocycles. The molecule has 1 unspecified atom stereocenters. The Labute approximate surface area is 164 Å². The number of sulfonamides is 1. The predicted octanol–water partition coefficient (Wildman–Crippen LogP) is 3.60. The fraction of sp³-hybridized carbons (Fsp3) is 0.438. The fourth-order valence-electron chi connectivity index (χ4n) is 2.82. The third-order valence-electron chi connectivity index (χ3n) is 4.13. The van der Waals surface area contributed by atoms with Crippen molar-refractivity contribution in [3.8, 4) is 0 Å². The Hall–Kier alpha value is -0.740. The van der Waals surface area contributed by atoms with Crippen molar-refractivity contribution >= 4 is 54.5 Å². The summed E-state index contributed by atoms with van der Waals surface area (Å²) in [6, 6.07) is 7.37. The van der Waals surface area contributed by atoms with Gasteiger partial charge in [-0.05, 0) is 60.0 Å². The molecule has 0 bridgehead atoms. The van der Waals surface area contributed by atoms with Gasteiger partial charge in [-0.1, -0.05) is 0 Å². The minimum atomic E-state index is -3.50. The topological polar surface area (TPSA) is 66.5 Å². The minimum Gasteiger partial charge on any atom is -0.351 e. The summed E-state index contributed by atoms with van der Waals surface area (Å²) in [6.45, 7) is 3.09. The molecule has 1 aliphatic heterocycles. The van der Waals surface area contributed by atoms with E-state index in [0.717, 1.165) is 20.0 Å². The Morgan fingerprint density at radius 1 is 1.32 bits per heavy atom. The largest absolute Gasteiger partial charge is 0.351 e. The van der Waals surface area contributed by atoms with E-state index in [1.807, 2.05) is 25.1 Å². The number of thiophene rings is 2. The number of rotatable bonds is 5. The highest BCUT2D eigenvalue weighted by Crippen LogP contribution is 2.28. The van der Waals surface area contributed by atoms with Crippen LogP contribution in [0.1, 0.15) is 22.6 Å². The van der Waals surface area contributed by atoms with Crippen LogP contribution in [-0.2, 0) is 21.4 Å². The Morgan fingerprint density at radius 3 is 2.76 bits per heavy atom. The van der Waals surface area contributed by atoms with Gasteiger partial charge in [-0.2, -0.15) is 4.31 Å². The molecule has 3 heterocycles. The summed E-state index contributed by atoms with van der Waals surface area (Å²) >= 11 is 6.26. The van der Waals surface area contributed by atoms with Crippen LogP contribution in [0.25, 0.3) is 0 Å². The van der Waals surface area contributed by atoms with Gasteiger partial charge in [-0.15, -0.1) is 22.7 Å². The number of amides is 1. The van der Waals surface area contributed by atoms with Crippen LogP contribution in [0.3, 0.4) is 0 Å². The summed E-state index contributed by atoms with van der Waals surface area (Å²) in [4.78, 5) is 14.5. The molecule has 2 aromatic heterocycles. The summed E-state index contributed by atoms with van der Waals surface area (Å²) in [5.74, 6) is -0.375. The molecule has 136 valence electrons. The van der Waals surface area contributed by atoms with Crippen molar-refractivity contribution in [1.82, 2.24) is 9.62 Å². The molecule has 0 radical (unpaired) electrons. The molecule has 1 N–H and O–H groups in total. The zero-order chi connectivity index (χ0) is 18.0. The standard InChI is InChI=1S/C16H19BrN2O3S3/c1-11-4-7-15(23-11)25(21,22)19-8-2-3-12(10-19)16(20)18-9-13-5-6-14(17)24-13/h4-7,12H,2-3,8-10H2,1H3,(H,18,20). The number of hydrogen-bond donors (Lipinski definition) is 1. The van der Waals surface area contributed by atoms with E-state index in [0.29, 0.717) is 23.7 Å². The Kier molecular flexibility index (Phi) is 5.99. The van der Waals surface area contributed by atoms with Crippen LogP contribution in [0.5, 0.6) is 0 Å². The quantitative estimate of drug-likeness (QED) is 0.737. The first-order chi connectivity index (χ1) is 11.9. The number of carbonyl (C=O) groups excluding carboxylic acids is 1. The summed E-state index contributed by atoms with van der Waals surface area (Å²) in [7, 11) is -3.50. The predicted molar refractivity (Wildman–Crippen MR) is 104 cm³/mol.